The van der Waals surface area contributed by atoms with E-state index in [0.29, 0.717) is 21.8 Å². The molecule has 0 amide bonds. The monoisotopic (exact) mass is 672 g/mol. The van der Waals surface area contributed by atoms with E-state index in [0.717, 1.165) is 9.13 Å². The highest BCUT2D eigenvalue weighted by Crippen LogP contribution is 2.39. The van der Waals surface area contributed by atoms with E-state index in [1.54, 1.807) is 41.0 Å². The van der Waals surface area contributed by atoms with Crippen LogP contribution >= 0.6 is 0 Å². The van der Waals surface area contributed by atoms with Gasteiger partial charge in [-0.25, -0.2) is 0 Å². The molecule has 0 radical (unpaired) electrons. The zero-order chi connectivity index (χ0) is 53.5. The molecule has 51 heavy (non-hydrogen) atoms. The first-order chi connectivity index (χ1) is 34.9. The van der Waals surface area contributed by atoms with E-state index in [4.69, 9.17) is 20.6 Å². The van der Waals surface area contributed by atoms with Gasteiger partial charge < -0.3 is 13.7 Å². The van der Waals surface area contributed by atoms with Gasteiger partial charge in [0.05, 0.1) is 64.6 Å². The van der Waals surface area contributed by atoms with Crippen LogP contribution < -0.4 is 0 Å². The molecule has 11 rings (SSSR count). The molecule has 0 saturated heterocycles. The zero-order valence-corrected chi connectivity index (χ0v) is 26.0. The van der Waals surface area contributed by atoms with Crippen molar-refractivity contribution in [1.82, 2.24) is 13.7 Å². The molecule has 3 nitrogen and oxygen atoms in total. The molecule has 0 saturated carbocycles. The van der Waals surface area contributed by atoms with Crippen molar-refractivity contribution < 1.29 is 31.5 Å². The maximum absolute atomic E-state index is 10.2. The number of hydrogen-bond acceptors (Lipinski definition) is 0. The lowest BCUT2D eigenvalue weighted by Crippen LogP contribution is -1.96. The number of rotatable bonds is 4. The first kappa shape index (κ1) is 13.8. The molecular weight excluding hydrogens is 619 g/mol. The van der Waals surface area contributed by atoms with Crippen LogP contribution in [0.2, 0.25) is 0 Å². The van der Waals surface area contributed by atoms with Gasteiger partial charge in [-0.3, -0.25) is 0 Å². The highest BCUT2D eigenvalue weighted by atomic mass is 15.0. The average molecular weight is 673 g/mol. The normalized spacial score (nSPS) is 18.2. The number of para-hydroxylation sites is 4. The van der Waals surface area contributed by atoms with E-state index in [-0.39, 0.29) is 5.69 Å². The molecule has 3 aromatic heterocycles. The summed E-state index contributed by atoms with van der Waals surface area (Å²) in [5.74, 6) is 0. The summed E-state index contributed by atoms with van der Waals surface area (Å²) in [6, 6.07) is -4.93. The Morgan fingerprint density at radius 2 is 0.745 bits per heavy atom. The van der Waals surface area contributed by atoms with Crippen LogP contribution in [-0.4, -0.2) is 13.7 Å². The third kappa shape index (κ3) is 4.12. The minimum absolute atomic E-state index is 0.235. The van der Waals surface area contributed by atoms with Crippen molar-refractivity contribution in [2.75, 3.05) is 0 Å². The number of hydrogen-bond donors (Lipinski definition) is 0. The highest BCUT2D eigenvalue weighted by Gasteiger charge is 2.19. The molecule has 3 heteroatoms. The van der Waals surface area contributed by atoms with Gasteiger partial charge in [-0.05, 0) is 83.7 Å². The largest absolute Gasteiger partial charge is 0.309 e. The lowest BCUT2D eigenvalue weighted by atomic mass is 10.1. The van der Waals surface area contributed by atoms with Gasteiger partial charge in [0.15, 0.2) is 0 Å². The number of aromatic nitrogens is 3. The first-order valence-corrected chi connectivity index (χ1v) is 15.7. The summed E-state index contributed by atoms with van der Waals surface area (Å²) in [5, 5.41) is -0.384. The van der Waals surface area contributed by atoms with Gasteiger partial charge in [-0.1, -0.05) is 115 Å². The summed E-state index contributed by atoms with van der Waals surface area (Å²) >= 11 is 0. The Balaban J connectivity index is 1.43. The van der Waals surface area contributed by atoms with E-state index in [1.165, 1.54) is 0 Å². The second-order valence-corrected chi connectivity index (χ2v) is 11.6. The highest BCUT2D eigenvalue weighted by molar-refractivity contribution is 6.14. The molecule has 0 aliphatic rings. The van der Waals surface area contributed by atoms with Crippen LogP contribution in [0.4, 0.5) is 0 Å². The van der Waals surface area contributed by atoms with Crippen LogP contribution in [0.1, 0.15) is 31.5 Å². The standard InChI is InChI=1S/C48H31N3/c1-2-13-32(14-3-1)33-15-12-16-34(29-33)49-47-27-25-35(50-43-21-8-4-17-37(43)38-18-5-9-22-44(38)50)30-41(47)42-31-36(26-28-48(42)49)51-45-23-10-6-19-39(45)40-20-7-11-24-46(40)51/h1-31H/i1D,2D,3D,4D,5D,8D,9D,12D,13D,14D,15D,16D,17D,18D,21D,22D,25D,26D,27D,28D,29D,30D,31D. The Bertz CT molecular complexity index is 4310. The van der Waals surface area contributed by atoms with Crippen molar-refractivity contribution in [1.29, 1.82) is 0 Å². The first-order valence-electron chi connectivity index (χ1n) is 27.2. The Hall–Kier alpha value is -6.84. The second kappa shape index (κ2) is 10.8. The molecule has 0 unspecified atom stereocenters. The molecule has 0 atom stereocenters. The van der Waals surface area contributed by atoms with E-state index in [2.05, 4.69) is 0 Å². The average Bonchev–Trinajstić information content (AvgIpc) is 4.04. The molecule has 8 aromatic carbocycles. The SMILES string of the molecule is [2H]c1c([2H])c([2H])c(-c2c([2H])c([2H])c([2H])c(-n3c4c([2H])c([2H])c(-n5c6ccccc6c6ccccc65)c([2H])c4c4c([2H])c(-n5c6c([2H])c([2H])c([2H])c([2H])c6c6c([2H])c([2H])c([2H])c([2H])c65)c([2H])c([2H])c43)c2[2H])c([2H])c1[2H]. The molecule has 238 valence electrons. The Labute approximate surface area is 326 Å². The zero-order valence-electron chi connectivity index (χ0n) is 49.0. The molecule has 0 spiro atoms. The van der Waals surface area contributed by atoms with Crippen LogP contribution in [0, 0.1) is 0 Å². The topological polar surface area (TPSA) is 14.8 Å². The predicted molar refractivity (Wildman–Crippen MR) is 215 cm³/mol. The molecule has 0 N–H and O–H groups in total. The maximum atomic E-state index is 10.2. The molecule has 11 aromatic rings. The van der Waals surface area contributed by atoms with Crippen LogP contribution in [0.25, 0.3) is 93.6 Å². The van der Waals surface area contributed by atoms with Gasteiger partial charge in [-0.2, -0.15) is 0 Å². The van der Waals surface area contributed by atoms with Crippen LogP contribution in [-0.2, 0) is 0 Å². The lowest BCUT2D eigenvalue weighted by Gasteiger charge is -2.12. The maximum Gasteiger partial charge on any atom is 0.0652 e. The Morgan fingerprint density at radius 1 is 0.294 bits per heavy atom. The lowest BCUT2D eigenvalue weighted by molar-refractivity contribution is 1.16. The van der Waals surface area contributed by atoms with Gasteiger partial charge in [0.1, 0.15) is 0 Å². The molecule has 3 heterocycles. The van der Waals surface area contributed by atoms with Crippen molar-refractivity contribution in [3.63, 3.8) is 0 Å². The van der Waals surface area contributed by atoms with Gasteiger partial charge in [0.2, 0.25) is 0 Å². The molecular formula is C48H31N3. The minimum Gasteiger partial charge on any atom is -0.309 e. The van der Waals surface area contributed by atoms with Gasteiger partial charge in [0, 0.05) is 49.4 Å². The number of benzene rings is 8. The van der Waals surface area contributed by atoms with E-state index in [1.807, 2.05) is 12.1 Å². The van der Waals surface area contributed by atoms with E-state index < -0.39 is 205 Å². The van der Waals surface area contributed by atoms with Gasteiger partial charge in [0.25, 0.3) is 0 Å². The third-order valence-corrected chi connectivity index (χ3v) is 8.90. The van der Waals surface area contributed by atoms with E-state index in [9.17, 15) is 11.0 Å². The molecule has 0 aliphatic carbocycles. The van der Waals surface area contributed by atoms with Crippen molar-refractivity contribution >= 4 is 65.4 Å². The third-order valence-electron chi connectivity index (χ3n) is 8.90. The summed E-state index contributed by atoms with van der Waals surface area (Å²) in [6.07, 6.45) is 0. The molecule has 0 aliphatic heterocycles. The van der Waals surface area contributed by atoms with Crippen LogP contribution in [0.3, 0.4) is 0 Å². The van der Waals surface area contributed by atoms with Crippen molar-refractivity contribution in [3.8, 4) is 28.2 Å². The number of fused-ring (bicyclic) bond motifs is 9. The summed E-state index contributed by atoms with van der Waals surface area (Å²) < 4.78 is 213. The summed E-state index contributed by atoms with van der Waals surface area (Å²) in [4.78, 5) is 0. The fourth-order valence-corrected chi connectivity index (χ4v) is 6.79. The van der Waals surface area contributed by atoms with Crippen LogP contribution in [0.15, 0.2) is 188 Å². The number of nitrogens with zero attached hydrogens (tertiary/aromatic N) is 3. The summed E-state index contributed by atoms with van der Waals surface area (Å²) in [6.45, 7) is 0. The minimum atomic E-state index is -0.965. The van der Waals surface area contributed by atoms with Gasteiger partial charge >= 0.3 is 0 Å². The van der Waals surface area contributed by atoms with Gasteiger partial charge in [-0.15, -0.1) is 0 Å². The fourth-order valence-electron chi connectivity index (χ4n) is 6.79. The van der Waals surface area contributed by atoms with Crippen LogP contribution in [0.5, 0.6) is 0 Å². The van der Waals surface area contributed by atoms with Crippen molar-refractivity contribution in [2.24, 2.45) is 0 Å². The predicted octanol–water partition coefficient (Wildman–Crippen LogP) is 12.6. The fraction of sp³-hybridized carbons (Fsp3) is 0. The summed E-state index contributed by atoms with van der Waals surface area (Å²) in [7, 11) is 0. The van der Waals surface area contributed by atoms with Crippen molar-refractivity contribution in [2.45, 2.75) is 0 Å². The van der Waals surface area contributed by atoms with E-state index >= 15 is 0 Å². The summed E-state index contributed by atoms with van der Waals surface area (Å²) in [5.41, 5.74) is -4.38. The Morgan fingerprint density at radius 3 is 1.33 bits per heavy atom. The molecule has 0 fully saturated rings. The Kier molecular flexibility index (Phi) is 2.93. The quantitative estimate of drug-likeness (QED) is 0.177. The molecule has 0 bridgehead atoms. The van der Waals surface area contributed by atoms with Crippen molar-refractivity contribution in [3.05, 3.63) is 188 Å². The smallest absolute Gasteiger partial charge is 0.0652 e. The second-order valence-electron chi connectivity index (χ2n) is 11.6.